The lowest BCUT2D eigenvalue weighted by molar-refractivity contribution is 0.181. The summed E-state index contributed by atoms with van der Waals surface area (Å²) in [6.07, 6.45) is 4.17. The monoisotopic (exact) mass is 358 g/mol. The smallest absolute Gasteiger partial charge is 0.283 e. The van der Waals surface area contributed by atoms with E-state index in [1.54, 1.807) is 13.3 Å². The first-order chi connectivity index (χ1) is 10.2. The normalized spacial score (nSPS) is 18.1. The fourth-order valence-electron chi connectivity index (χ4n) is 2.59. The Hall–Kier alpha value is -0.920. The number of methoxy groups -OCH3 is 1. The second-order valence-corrected chi connectivity index (χ2v) is 5.99. The van der Waals surface area contributed by atoms with Gasteiger partial charge in [0.05, 0.1) is 25.0 Å². The fraction of sp³-hybridized carbons (Fsp3) is 0.714. The van der Waals surface area contributed by atoms with Gasteiger partial charge in [0.15, 0.2) is 0 Å². The SMILES string of the molecule is CCN(CC1CCCN1)c1cnn(CCOC)c(=O)c1Br. The van der Waals surface area contributed by atoms with Gasteiger partial charge in [-0.2, -0.15) is 5.10 Å². The summed E-state index contributed by atoms with van der Waals surface area (Å²) in [5, 5.41) is 7.74. The summed E-state index contributed by atoms with van der Waals surface area (Å²) in [4.78, 5) is 14.5. The molecule has 118 valence electrons. The van der Waals surface area contributed by atoms with Gasteiger partial charge in [-0.05, 0) is 42.2 Å². The van der Waals surface area contributed by atoms with Gasteiger partial charge in [0.1, 0.15) is 4.47 Å². The Morgan fingerprint density at radius 3 is 3.05 bits per heavy atom. The Balaban J connectivity index is 2.17. The number of likely N-dealkylation sites (N-methyl/N-ethyl adjacent to an activating group) is 1. The highest BCUT2D eigenvalue weighted by Gasteiger charge is 2.20. The van der Waals surface area contributed by atoms with E-state index in [4.69, 9.17) is 4.74 Å². The van der Waals surface area contributed by atoms with Gasteiger partial charge in [0.25, 0.3) is 5.56 Å². The van der Waals surface area contributed by atoms with Gasteiger partial charge in [-0.15, -0.1) is 0 Å². The number of nitrogens with one attached hydrogen (secondary N) is 1. The molecule has 0 aromatic carbocycles. The van der Waals surface area contributed by atoms with E-state index in [1.165, 1.54) is 17.5 Å². The first-order valence-electron chi connectivity index (χ1n) is 7.40. The van der Waals surface area contributed by atoms with Crippen molar-refractivity contribution in [1.82, 2.24) is 15.1 Å². The van der Waals surface area contributed by atoms with Crippen LogP contribution in [0.1, 0.15) is 19.8 Å². The standard InChI is InChI=1S/C14H23BrN4O2/c1-3-18(10-11-5-4-6-16-11)12-9-17-19(7-8-21-2)14(20)13(12)15/h9,11,16H,3-8,10H2,1-2H3. The predicted molar refractivity (Wildman–Crippen MR) is 87.0 cm³/mol. The number of halogens is 1. The summed E-state index contributed by atoms with van der Waals surface area (Å²) < 4.78 is 7.00. The van der Waals surface area contributed by atoms with Crippen molar-refractivity contribution in [1.29, 1.82) is 0 Å². The van der Waals surface area contributed by atoms with E-state index in [-0.39, 0.29) is 5.56 Å². The van der Waals surface area contributed by atoms with Crippen molar-refractivity contribution in [2.24, 2.45) is 0 Å². The van der Waals surface area contributed by atoms with Gasteiger partial charge >= 0.3 is 0 Å². The average Bonchev–Trinajstić information content (AvgIpc) is 3.00. The number of ether oxygens (including phenoxy) is 1. The highest BCUT2D eigenvalue weighted by Crippen LogP contribution is 2.22. The van der Waals surface area contributed by atoms with Crippen LogP contribution in [0.5, 0.6) is 0 Å². The molecule has 7 heteroatoms. The first-order valence-corrected chi connectivity index (χ1v) is 8.19. The molecule has 21 heavy (non-hydrogen) atoms. The molecule has 1 aliphatic rings. The van der Waals surface area contributed by atoms with Crippen molar-refractivity contribution in [2.45, 2.75) is 32.4 Å². The molecule has 1 saturated heterocycles. The quantitative estimate of drug-likeness (QED) is 0.794. The van der Waals surface area contributed by atoms with Gasteiger partial charge in [-0.3, -0.25) is 4.79 Å². The third-order valence-electron chi connectivity index (χ3n) is 3.80. The summed E-state index contributed by atoms with van der Waals surface area (Å²) in [5.74, 6) is 0. The van der Waals surface area contributed by atoms with Gasteiger partial charge in [0.2, 0.25) is 0 Å². The molecule has 1 atom stereocenters. The Kier molecular flexibility index (Phi) is 6.20. The third-order valence-corrected chi connectivity index (χ3v) is 4.54. The molecular weight excluding hydrogens is 336 g/mol. The van der Waals surface area contributed by atoms with Gasteiger partial charge in [-0.1, -0.05) is 0 Å². The van der Waals surface area contributed by atoms with Crippen molar-refractivity contribution in [3.63, 3.8) is 0 Å². The Labute approximate surface area is 133 Å². The minimum absolute atomic E-state index is 0.109. The molecule has 1 aromatic rings. The lowest BCUT2D eigenvalue weighted by Gasteiger charge is -2.27. The second-order valence-electron chi connectivity index (χ2n) is 5.20. The maximum Gasteiger partial charge on any atom is 0.283 e. The first kappa shape index (κ1) is 16.5. The Bertz CT molecular complexity index is 514. The summed E-state index contributed by atoms with van der Waals surface area (Å²) >= 11 is 3.44. The van der Waals surface area contributed by atoms with Crippen LogP contribution < -0.4 is 15.8 Å². The molecule has 0 saturated carbocycles. The molecule has 1 fully saturated rings. The van der Waals surface area contributed by atoms with E-state index >= 15 is 0 Å². The van der Waals surface area contributed by atoms with E-state index in [0.29, 0.717) is 23.7 Å². The Morgan fingerprint density at radius 1 is 1.62 bits per heavy atom. The van der Waals surface area contributed by atoms with Crippen LogP contribution in [0.15, 0.2) is 15.5 Å². The van der Waals surface area contributed by atoms with Crippen molar-refractivity contribution in [3.05, 3.63) is 21.0 Å². The van der Waals surface area contributed by atoms with Gasteiger partial charge in [-0.25, -0.2) is 4.68 Å². The van der Waals surface area contributed by atoms with Crippen LogP contribution in [0.2, 0.25) is 0 Å². The van der Waals surface area contributed by atoms with Crippen LogP contribution in [0.3, 0.4) is 0 Å². The molecule has 1 aliphatic heterocycles. The van der Waals surface area contributed by atoms with Crippen LogP contribution in [-0.4, -0.2) is 49.2 Å². The minimum Gasteiger partial charge on any atom is -0.383 e. The number of nitrogens with zero attached hydrogens (tertiary/aromatic N) is 3. The summed E-state index contributed by atoms with van der Waals surface area (Å²) in [5.41, 5.74) is 0.757. The molecule has 1 unspecified atom stereocenters. The van der Waals surface area contributed by atoms with Gasteiger partial charge in [0, 0.05) is 26.2 Å². The third kappa shape index (κ3) is 4.05. The van der Waals surface area contributed by atoms with Crippen LogP contribution in [0, 0.1) is 0 Å². The summed E-state index contributed by atoms with van der Waals surface area (Å²) in [7, 11) is 1.61. The molecule has 0 spiro atoms. The molecule has 2 heterocycles. The Morgan fingerprint density at radius 2 is 2.43 bits per heavy atom. The molecule has 6 nitrogen and oxygen atoms in total. The highest BCUT2D eigenvalue weighted by molar-refractivity contribution is 9.10. The van der Waals surface area contributed by atoms with Crippen molar-refractivity contribution < 1.29 is 4.74 Å². The van der Waals surface area contributed by atoms with E-state index in [9.17, 15) is 4.79 Å². The minimum atomic E-state index is -0.109. The zero-order valence-electron chi connectivity index (χ0n) is 12.6. The van der Waals surface area contributed by atoms with Crippen molar-refractivity contribution in [2.75, 3.05) is 38.3 Å². The maximum absolute atomic E-state index is 12.3. The predicted octanol–water partition coefficient (Wildman–Crippen LogP) is 1.23. The van der Waals surface area contributed by atoms with Crippen LogP contribution in [-0.2, 0) is 11.3 Å². The molecule has 1 N–H and O–H groups in total. The summed E-state index contributed by atoms with van der Waals surface area (Å²) in [6.45, 7) is 5.86. The maximum atomic E-state index is 12.3. The number of rotatable bonds is 7. The lowest BCUT2D eigenvalue weighted by atomic mass is 10.2. The molecule has 0 bridgehead atoms. The van der Waals surface area contributed by atoms with Crippen LogP contribution in [0.25, 0.3) is 0 Å². The number of aromatic nitrogens is 2. The zero-order valence-corrected chi connectivity index (χ0v) is 14.2. The van der Waals surface area contributed by atoms with Crippen LogP contribution >= 0.6 is 15.9 Å². The van der Waals surface area contributed by atoms with Crippen LogP contribution in [0.4, 0.5) is 5.69 Å². The second kappa shape index (κ2) is 7.91. The number of hydrogen-bond donors (Lipinski definition) is 1. The van der Waals surface area contributed by atoms with E-state index < -0.39 is 0 Å². The molecule has 1 aromatic heterocycles. The van der Waals surface area contributed by atoms with E-state index in [0.717, 1.165) is 25.3 Å². The molecule has 0 amide bonds. The fourth-order valence-corrected chi connectivity index (χ4v) is 3.15. The largest absolute Gasteiger partial charge is 0.383 e. The molecular formula is C14H23BrN4O2. The van der Waals surface area contributed by atoms with Crippen molar-refractivity contribution >= 4 is 21.6 Å². The molecule has 0 radical (unpaired) electrons. The molecule has 2 rings (SSSR count). The van der Waals surface area contributed by atoms with Crippen molar-refractivity contribution in [3.8, 4) is 0 Å². The number of anilines is 1. The lowest BCUT2D eigenvalue weighted by Crippen LogP contribution is -2.39. The zero-order chi connectivity index (χ0) is 15.2. The molecule has 0 aliphatic carbocycles. The van der Waals surface area contributed by atoms with E-state index in [2.05, 4.69) is 38.2 Å². The number of hydrogen-bond acceptors (Lipinski definition) is 5. The van der Waals surface area contributed by atoms with Gasteiger partial charge < -0.3 is 15.0 Å². The topological polar surface area (TPSA) is 59.4 Å². The van der Waals surface area contributed by atoms with E-state index in [1.807, 2.05) is 0 Å². The summed E-state index contributed by atoms with van der Waals surface area (Å²) in [6, 6.07) is 0.493. The average molecular weight is 359 g/mol. The highest BCUT2D eigenvalue weighted by atomic mass is 79.9.